The van der Waals surface area contributed by atoms with Crippen molar-refractivity contribution in [2.75, 3.05) is 7.11 Å². The molecule has 0 spiro atoms. The molecule has 4 aromatic carbocycles. The van der Waals surface area contributed by atoms with Crippen molar-refractivity contribution < 1.29 is 9.47 Å². The molecular weight excluding hydrogens is 506 g/mol. The molecule has 1 aliphatic rings. The fourth-order valence-electron chi connectivity index (χ4n) is 6.45. The highest BCUT2D eigenvalue weighted by molar-refractivity contribution is 6.08. The van der Waals surface area contributed by atoms with E-state index < -0.39 is 0 Å². The van der Waals surface area contributed by atoms with Crippen molar-refractivity contribution in [2.24, 2.45) is 5.73 Å². The third-order valence-corrected chi connectivity index (χ3v) is 8.65. The van der Waals surface area contributed by atoms with Crippen molar-refractivity contribution in [3.05, 3.63) is 108 Å². The number of rotatable bonds is 10. The smallest absolute Gasteiger partial charge is 0.161 e. The Kier molecular flexibility index (Phi) is 8.26. The van der Waals surface area contributed by atoms with E-state index in [-0.39, 0.29) is 0 Å². The van der Waals surface area contributed by atoms with Crippen LogP contribution in [0.5, 0.6) is 11.5 Å². The Morgan fingerprint density at radius 1 is 0.732 bits per heavy atom. The summed E-state index contributed by atoms with van der Waals surface area (Å²) in [5, 5.41) is 2.67. The van der Waals surface area contributed by atoms with Gasteiger partial charge in [-0.05, 0) is 79.6 Å². The predicted octanol–water partition coefficient (Wildman–Crippen LogP) is 7.67. The number of nitrogens with zero attached hydrogens (tertiary/aromatic N) is 2. The number of nitrogens with two attached hydrogens (primary N) is 1. The van der Waals surface area contributed by atoms with Crippen LogP contribution in [-0.2, 0) is 26.2 Å². The van der Waals surface area contributed by atoms with Crippen molar-refractivity contribution >= 4 is 21.8 Å². The summed E-state index contributed by atoms with van der Waals surface area (Å²) >= 11 is 0. The van der Waals surface area contributed by atoms with Gasteiger partial charge in [0.05, 0.1) is 7.11 Å². The highest BCUT2D eigenvalue weighted by Crippen LogP contribution is 2.33. The van der Waals surface area contributed by atoms with E-state index in [0.717, 1.165) is 62.4 Å². The number of methoxy groups -OCH3 is 1. The Balaban J connectivity index is 1.26. The molecule has 6 rings (SSSR count). The van der Waals surface area contributed by atoms with Gasteiger partial charge >= 0.3 is 0 Å². The van der Waals surface area contributed by atoms with Crippen LogP contribution in [0, 0.1) is 0 Å². The second-order valence-corrected chi connectivity index (χ2v) is 11.3. The molecule has 2 N–H and O–H groups in total. The SMILES string of the molecule is CCn1c2ccccc2c2cc(CN(Cc3ccc(OCc4ccccc4)c(OC)c3)C3CCC(N)CC3)ccc21. The van der Waals surface area contributed by atoms with Crippen LogP contribution in [0.25, 0.3) is 21.8 Å². The molecule has 1 saturated carbocycles. The molecule has 5 nitrogen and oxygen atoms in total. The average molecular weight is 548 g/mol. The van der Waals surface area contributed by atoms with E-state index in [1.807, 2.05) is 18.2 Å². The van der Waals surface area contributed by atoms with Gasteiger partial charge in [-0.1, -0.05) is 60.7 Å². The number of para-hydroxylation sites is 1. The van der Waals surface area contributed by atoms with E-state index in [1.165, 1.54) is 32.9 Å². The zero-order valence-corrected chi connectivity index (χ0v) is 24.3. The topological polar surface area (TPSA) is 52.6 Å². The second-order valence-electron chi connectivity index (χ2n) is 11.3. The summed E-state index contributed by atoms with van der Waals surface area (Å²) in [7, 11) is 1.72. The summed E-state index contributed by atoms with van der Waals surface area (Å²) < 4.78 is 14.3. The van der Waals surface area contributed by atoms with Crippen LogP contribution in [0.2, 0.25) is 0 Å². The van der Waals surface area contributed by atoms with Gasteiger partial charge in [-0.3, -0.25) is 4.90 Å². The highest BCUT2D eigenvalue weighted by atomic mass is 16.5. The van der Waals surface area contributed by atoms with Gasteiger partial charge in [0.1, 0.15) is 6.61 Å². The zero-order valence-electron chi connectivity index (χ0n) is 24.3. The fourth-order valence-corrected chi connectivity index (χ4v) is 6.45. The van der Waals surface area contributed by atoms with Crippen molar-refractivity contribution in [3.63, 3.8) is 0 Å². The minimum absolute atomic E-state index is 0.325. The number of aryl methyl sites for hydroxylation is 1. The van der Waals surface area contributed by atoms with E-state index in [1.54, 1.807) is 7.11 Å². The summed E-state index contributed by atoms with van der Waals surface area (Å²) in [5.41, 5.74) is 12.6. The third kappa shape index (κ3) is 5.97. The van der Waals surface area contributed by atoms with Crippen LogP contribution in [0.4, 0.5) is 0 Å². The number of ether oxygens (including phenoxy) is 2. The van der Waals surface area contributed by atoms with Crippen LogP contribution < -0.4 is 15.2 Å². The summed E-state index contributed by atoms with van der Waals surface area (Å²) in [6, 6.07) is 33.2. The van der Waals surface area contributed by atoms with Crippen LogP contribution in [-0.4, -0.2) is 28.7 Å². The molecule has 0 aliphatic heterocycles. The van der Waals surface area contributed by atoms with Crippen LogP contribution in [0.15, 0.2) is 91.0 Å². The number of benzene rings is 4. The van der Waals surface area contributed by atoms with Crippen LogP contribution in [0.3, 0.4) is 0 Å². The number of aromatic nitrogens is 1. The molecule has 1 aromatic heterocycles. The van der Waals surface area contributed by atoms with Crippen molar-refractivity contribution in [1.29, 1.82) is 0 Å². The van der Waals surface area contributed by atoms with Crippen molar-refractivity contribution in [3.8, 4) is 11.5 Å². The molecule has 0 atom stereocenters. The van der Waals surface area contributed by atoms with Gasteiger partial charge < -0.3 is 19.8 Å². The summed E-state index contributed by atoms with van der Waals surface area (Å²) in [6.45, 7) is 5.45. The molecule has 1 fully saturated rings. The van der Waals surface area contributed by atoms with E-state index in [2.05, 4.69) is 89.2 Å². The normalized spacial score (nSPS) is 17.4. The standard InChI is InChI=1S/C36H41N3O2/c1-3-39-33-12-8-7-11-31(33)32-21-27(13-19-34(32)39)23-38(30-17-15-29(37)16-18-30)24-28-14-20-35(36(22-28)40-2)41-25-26-9-5-4-6-10-26/h4-14,19-22,29-30H,3,15-18,23-25,37H2,1-2H3. The molecule has 5 aromatic rings. The minimum Gasteiger partial charge on any atom is -0.493 e. The molecule has 0 unspecified atom stereocenters. The Morgan fingerprint density at radius 3 is 2.17 bits per heavy atom. The Morgan fingerprint density at radius 2 is 1.41 bits per heavy atom. The first kappa shape index (κ1) is 27.4. The lowest BCUT2D eigenvalue weighted by Crippen LogP contribution is -2.40. The van der Waals surface area contributed by atoms with Gasteiger partial charge in [0, 0.05) is 53.5 Å². The minimum atomic E-state index is 0.325. The maximum Gasteiger partial charge on any atom is 0.161 e. The van der Waals surface area contributed by atoms with Crippen molar-refractivity contribution in [1.82, 2.24) is 9.47 Å². The summed E-state index contributed by atoms with van der Waals surface area (Å²) in [5.74, 6) is 1.55. The Labute approximate surface area is 243 Å². The highest BCUT2D eigenvalue weighted by Gasteiger charge is 2.25. The first-order valence-corrected chi connectivity index (χ1v) is 15.0. The summed E-state index contributed by atoms with van der Waals surface area (Å²) in [4.78, 5) is 2.64. The Bertz CT molecular complexity index is 1600. The average Bonchev–Trinajstić information content (AvgIpc) is 3.34. The van der Waals surface area contributed by atoms with Gasteiger partial charge in [-0.25, -0.2) is 0 Å². The molecule has 1 heterocycles. The second kappa shape index (κ2) is 12.4. The molecule has 0 radical (unpaired) electrons. The number of fused-ring (bicyclic) bond motifs is 3. The zero-order chi connectivity index (χ0) is 28.2. The van der Waals surface area contributed by atoms with Gasteiger partial charge in [-0.15, -0.1) is 0 Å². The molecule has 0 bridgehead atoms. The Hall–Kier alpha value is -3.80. The number of hydrogen-bond acceptors (Lipinski definition) is 4. The van der Waals surface area contributed by atoms with E-state index >= 15 is 0 Å². The van der Waals surface area contributed by atoms with Crippen molar-refractivity contribution in [2.45, 2.75) is 70.9 Å². The molecule has 41 heavy (non-hydrogen) atoms. The lowest BCUT2D eigenvalue weighted by Gasteiger charge is -2.36. The molecule has 1 aliphatic carbocycles. The largest absolute Gasteiger partial charge is 0.493 e. The summed E-state index contributed by atoms with van der Waals surface area (Å²) in [6.07, 6.45) is 4.43. The maximum atomic E-state index is 6.31. The molecule has 0 amide bonds. The first-order chi connectivity index (χ1) is 20.1. The lowest BCUT2D eigenvalue weighted by molar-refractivity contribution is 0.134. The monoisotopic (exact) mass is 547 g/mol. The lowest BCUT2D eigenvalue weighted by atomic mass is 9.90. The maximum absolute atomic E-state index is 6.31. The number of hydrogen-bond donors (Lipinski definition) is 1. The molecule has 5 heteroatoms. The molecule has 212 valence electrons. The van der Waals surface area contributed by atoms with Gasteiger partial charge in [0.2, 0.25) is 0 Å². The molecule has 0 saturated heterocycles. The third-order valence-electron chi connectivity index (χ3n) is 8.65. The van der Waals surface area contributed by atoms with Gasteiger partial charge in [0.15, 0.2) is 11.5 Å². The van der Waals surface area contributed by atoms with E-state index in [9.17, 15) is 0 Å². The van der Waals surface area contributed by atoms with Gasteiger partial charge in [0.25, 0.3) is 0 Å². The van der Waals surface area contributed by atoms with Crippen LogP contribution in [0.1, 0.15) is 49.3 Å². The quantitative estimate of drug-likeness (QED) is 0.195. The fraction of sp³-hybridized carbons (Fsp3) is 0.333. The molecular formula is C36H41N3O2. The van der Waals surface area contributed by atoms with Crippen LogP contribution >= 0.6 is 0 Å². The van der Waals surface area contributed by atoms with Gasteiger partial charge in [-0.2, -0.15) is 0 Å². The first-order valence-electron chi connectivity index (χ1n) is 15.0. The predicted molar refractivity (Wildman–Crippen MR) is 168 cm³/mol. The van der Waals surface area contributed by atoms with E-state index in [4.69, 9.17) is 15.2 Å². The van der Waals surface area contributed by atoms with E-state index in [0.29, 0.717) is 18.7 Å².